The first-order valence-electron chi connectivity index (χ1n) is 7.52. The van der Waals surface area contributed by atoms with Crippen LogP contribution in [0.3, 0.4) is 0 Å². The van der Waals surface area contributed by atoms with Gasteiger partial charge in [0.2, 0.25) is 5.91 Å². The third-order valence-electron chi connectivity index (χ3n) is 3.40. The quantitative estimate of drug-likeness (QED) is 0.822. The van der Waals surface area contributed by atoms with Crippen molar-refractivity contribution in [1.29, 1.82) is 0 Å². The maximum Gasteiger partial charge on any atom is 0.233 e. The van der Waals surface area contributed by atoms with E-state index < -0.39 is 0 Å². The Morgan fingerprint density at radius 1 is 1.41 bits per heavy atom. The first-order valence-corrected chi connectivity index (χ1v) is 9.28. The van der Waals surface area contributed by atoms with Crippen LogP contribution in [-0.4, -0.2) is 32.0 Å². The molecule has 2 heterocycles. The largest absolute Gasteiger partial charge is 0.353 e. The summed E-state index contributed by atoms with van der Waals surface area (Å²) in [7, 11) is 0. The van der Waals surface area contributed by atoms with E-state index in [9.17, 15) is 4.79 Å². The van der Waals surface area contributed by atoms with Crippen molar-refractivity contribution in [3.8, 4) is 10.7 Å². The molecule has 7 heteroatoms. The zero-order chi connectivity index (χ0) is 15.7. The van der Waals surface area contributed by atoms with Gasteiger partial charge in [-0.1, -0.05) is 17.8 Å². The number of nitrogens with one attached hydrogen (secondary N) is 1. The molecule has 0 spiro atoms. The monoisotopic (exact) mass is 336 g/mol. The van der Waals surface area contributed by atoms with E-state index in [1.165, 1.54) is 11.8 Å². The van der Waals surface area contributed by atoms with Gasteiger partial charge in [-0.2, -0.15) is 0 Å². The molecule has 118 valence electrons. The minimum atomic E-state index is -0.180. The number of carbonyl (C=O) groups excluding carboxylic acids is 1. The zero-order valence-electron chi connectivity index (χ0n) is 12.9. The van der Waals surface area contributed by atoms with Crippen LogP contribution in [0, 0.1) is 0 Å². The molecule has 5 nitrogen and oxygen atoms in total. The highest BCUT2D eigenvalue weighted by atomic mass is 32.2. The minimum Gasteiger partial charge on any atom is -0.353 e. The van der Waals surface area contributed by atoms with Gasteiger partial charge in [-0.15, -0.1) is 21.5 Å². The molecular formula is C15H20N4OS2. The molecule has 1 unspecified atom stereocenters. The van der Waals surface area contributed by atoms with Gasteiger partial charge in [0.1, 0.15) is 0 Å². The number of hydrogen-bond donors (Lipinski definition) is 1. The molecule has 0 aromatic carbocycles. The average Bonchev–Trinajstić information content (AvgIpc) is 3.00. The van der Waals surface area contributed by atoms with Crippen molar-refractivity contribution in [2.45, 2.75) is 56.1 Å². The summed E-state index contributed by atoms with van der Waals surface area (Å²) in [5, 5.41) is 14.4. The normalized spacial score (nSPS) is 16.0. The summed E-state index contributed by atoms with van der Waals surface area (Å²) in [6, 6.07) is 4.72. The lowest BCUT2D eigenvalue weighted by Crippen LogP contribution is -2.36. The highest BCUT2D eigenvalue weighted by Gasteiger charge is 2.31. The van der Waals surface area contributed by atoms with Crippen molar-refractivity contribution in [3.63, 3.8) is 0 Å². The van der Waals surface area contributed by atoms with Crippen LogP contribution >= 0.6 is 23.1 Å². The molecule has 2 aromatic rings. The molecule has 1 saturated carbocycles. The van der Waals surface area contributed by atoms with Crippen LogP contribution in [0.4, 0.5) is 0 Å². The second-order valence-electron chi connectivity index (χ2n) is 5.81. The zero-order valence-corrected chi connectivity index (χ0v) is 14.6. The molecule has 0 radical (unpaired) electrons. The second kappa shape index (κ2) is 6.42. The Morgan fingerprint density at radius 3 is 2.77 bits per heavy atom. The molecule has 1 atom stereocenters. The van der Waals surface area contributed by atoms with E-state index in [2.05, 4.69) is 26.1 Å². The van der Waals surface area contributed by atoms with Gasteiger partial charge in [-0.25, -0.2) is 0 Å². The van der Waals surface area contributed by atoms with Gasteiger partial charge >= 0.3 is 0 Å². The van der Waals surface area contributed by atoms with E-state index in [1.807, 2.05) is 32.2 Å². The Labute approximate surface area is 138 Å². The smallest absolute Gasteiger partial charge is 0.233 e. The number of rotatable bonds is 6. The summed E-state index contributed by atoms with van der Waals surface area (Å²) < 4.78 is 2.20. The van der Waals surface area contributed by atoms with Crippen molar-refractivity contribution >= 4 is 29.0 Å². The number of carbonyl (C=O) groups is 1. The van der Waals surface area contributed by atoms with E-state index in [0.717, 1.165) is 28.7 Å². The summed E-state index contributed by atoms with van der Waals surface area (Å²) in [5.74, 6) is 0.972. The van der Waals surface area contributed by atoms with Crippen LogP contribution in [-0.2, 0) is 4.79 Å². The lowest BCUT2D eigenvalue weighted by molar-refractivity contribution is -0.120. The molecular weight excluding hydrogens is 316 g/mol. The Kier molecular flexibility index (Phi) is 4.54. The standard InChI is InChI=1S/C15H20N4OS2/c1-9(2)16-14(20)10(3)22-15-18-17-13(12-5-4-8-21-12)19(15)11-6-7-11/h4-5,8-11H,6-7H2,1-3H3,(H,16,20). The van der Waals surface area contributed by atoms with Gasteiger partial charge in [0, 0.05) is 12.1 Å². The molecule has 22 heavy (non-hydrogen) atoms. The lowest BCUT2D eigenvalue weighted by Gasteiger charge is -2.14. The summed E-state index contributed by atoms with van der Waals surface area (Å²) in [6.45, 7) is 5.85. The number of thioether (sulfide) groups is 1. The molecule has 1 N–H and O–H groups in total. The highest BCUT2D eigenvalue weighted by Crippen LogP contribution is 2.42. The molecule has 1 amide bonds. The Hall–Kier alpha value is -1.34. The summed E-state index contributed by atoms with van der Waals surface area (Å²) in [6.07, 6.45) is 2.33. The number of thiophene rings is 1. The topological polar surface area (TPSA) is 59.8 Å². The van der Waals surface area contributed by atoms with Gasteiger partial charge < -0.3 is 5.32 Å². The van der Waals surface area contributed by atoms with E-state index in [0.29, 0.717) is 6.04 Å². The number of amides is 1. The van der Waals surface area contributed by atoms with E-state index in [1.54, 1.807) is 11.3 Å². The van der Waals surface area contributed by atoms with Crippen molar-refractivity contribution in [2.24, 2.45) is 0 Å². The molecule has 0 aliphatic heterocycles. The molecule has 1 fully saturated rings. The molecule has 1 aliphatic rings. The molecule has 0 bridgehead atoms. The van der Waals surface area contributed by atoms with Crippen LogP contribution in [0.5, 0.6) is 0 Å². The Morgan fingerprint density at radius 2 is 2.18 bits per heavy atom. The molecule has 3 rings (SSSR count). The Balaban J connectivity index is 1.81. The third-order valence-corrected chi connectivity index (χ3v) is 5.32. The van der Waals surface area contributed by atoms with Gasteiger partial charge in [-0.05, 0) is 45.1 Å². The first-order chi connectivity index (χ1) is 10.6. The van der Waals surface area contributed by atoms with Crippen molar-refractivity contribution in [3.05, 3.63) is 17.5 Å². The van der Waals surface area contributed by atoms with Gasteiger partial charge in [-0.3, -0.25) is 9.36 Å². The Bertz CT molecular complexity index is 647. The fourth-order valence-corrected chi connectivity index (χ4v) is 3.84. The fourth-order valence-electron chi connectivity index (χ4n) is 2.21. The predicted octanol–water partition coefficient (Wildman–Crippen LogP) is 3.35. The maximum atomic E-state index is 12.1. The summed E-state index contributed by atoms with van der Waals surface area (Å²) >= 11 is 3.16. The average molecular weight is 336 g/mol. The predicted molar refractivity (Wildman–Crippen MR) is 90.2 cm³/mol. The van der Waals surface area contributed by atoms with Gasteiger partial charge in [0.05, 0.1) is 10.1 Å². The van der Waals surface area contributed by atoms with Crippen molar-refractivity contribution in [2.75, 3.05) is 0 Å². The van der Waals surface area contributed by atoms with Crippen LogP contribution in [0.2, 0.25) is 0 Å². The third kappa shape index (κ3) is 3.35. The number of nitrogens with zero attached hydrogens (tertiary/aromatic N) is 3. The van der Waals surface area contributed by atoms with Crippen molar-refractivity contribution in [1.82, 2.24) is 20.1 Å². The summed E-state index contributed by atoms with van der Waals surface area (Å²) in [5.41, 5.74) is 0. The second-order valence-corrected chi connectivity index (χ2v) is 8.06. The van der Waals surface area contributed by atoms with Gasteiger partial charge in [0.25, 0.3) is 0 Å². The number of aromatic nitrogens is 3. The molecule has 2 aromatic heterocycles. The van der Waals surface area contributed by atoms with Gasteiger partial charge in [0.15, 0.2) is 11.0 Å². The van der Waals surface area contributed by atoms with E-state index in [-0.39, 0.29) is 17.2 Å². The lowest BCUT2D eigenvalue weighted by atomic mass is 10.3. The summed E-state index contributed by atoms with van der Waals surface area (Å²) in [4.78, 5) is 13.2. The van der Waals surface area contributed by atoms with Crippen LogP contribution in [0.1, 0.15) is 39.7 Å². The number of hydrogen-bond acceptors (Lipinski definition) is 5. The minimum absolute atomic E-state index is 0.0445. The maximum absolute atomic E-state index is 12.1. The molecule has 1 aliphatic carbocycles. The van der Waals surface area contributed by atoms with E-state index in [4.69, 9.17) is 0 Å². The fraction of sp³-hybridized carbons (Fsp3) is 0.533. The first kappa shape index (κ1) is 15.6. The van der Waals surface area contributed by atoms with Crippen molar-refractivity contribution < 1.29 is 4.79 Å². The highest BCUT2D eigenvalue weighted by molar-refractivity contribution is 8.00. The SMILES string of the molecule is CC(C)NC(=O)C(C)Sc1nnc(-c2cccs2)n1C1CC1. The van der Waals surface area contributed by atoms with Crippen LogP contribution in [0.25, 0.3) is 10.7 Å². The van der Waals surface area contributed by atoms with E-state index >= 15 is 0 Å². The molecule has 0 saturated heterocycles. The van der Waals surface area contributed by atoms with Crippen LogP contribution < -0.4 is 5.32 Å². The van der Waals surface area contributed by atoms with Crippen LogP contribution in [0.15, 0.2) is 22.7 Å².